The molecule has 226 valence electrons. The highest BCUT2D eigenvalue weighted by atomic mass is 32.2. The van der Waals surface area contributed by atoms with E-state index in [9.17, 15) is 24.0 Å². The summed E-state index contributed by atoms with van der Waals surface area (Å²) in [5.74, 6) is -0.0237. The molecule has 0 aliphatic carbocycles. The van der Waals surface area contributed by atoms with Crippen molar-refractivity contribution in [3.05, 3.63) is 12.2 Å². The van der Waals surface area contributed by atoms with E-state index in [0.717, 1.165) is 36.3 Å². The molecule has 40 heavy (non-hydrogen) atoms. The molecular weight excluding hydrogens is 538 g/mol. The standard InChI is InChI=1S/C27H45N5O7S/c1-19(10-13-29-22(33)7-5-4-6-21-20(12-17-40-21)31-26(28)37)38-18-27(2,3)39-16-14-30-23(34)11-15-32-24(35)8-9-25(32)36/h8-9,19-21H,4-7,10-18H2,1-3H3,(H,29,33)(H,30,34)(H3,28,31,37). The maximum Gasteiger partial charge on any atom is 0.312 e. The van der Waals surface area contributed by atoms with E-state index in [1.54, 1.807) is 0 Å². The first-order valence-electron chi connectivity index (χ1n) is 14.0. The van der Waals surface area contributed by atoms with E-state index in [0.29, 0.717) is 37.8 Å². The molecule has 3 atom stereocenters. The van der Waals surface area contributed by atoms with Gasteiger partial charge in [0.2, 0.25) is 11.8 Å². The molecule has 0 radical (unpaired) electrons. The molecule has 2 aliphatic rings. The number of imide groups is 1. The number of thioether (sulfide) groups is 1. The zero-order valence-electron chi connectivity index (χ0n) is 23.9. The molecule has 0 spiro atoms. The second-order valence-corrected chi connectivity index (χ2v) is 12.0. The number of nitrogens with zero attached hydrogens (tertiary/aromatic N) is 1. The molecule has 1 saturated heterocycles. The Hall–Kier alpha value is -2.64. The Balaban J connectivity index is 1.47. The van der Waals surface area contributed by atoms with Crippen molar-refractivity contribution in [2.75, 3.05) is 38.6 Å². The minimum atomic E-state index is -0.564. The van der Waals surface area contributed by atoms with Crippen LogP contribution >= 0.6 is 11.8 Å². The first-order valence-corrected chi connectivity index (χ1v) is 15.0. The largest absolute Gasteiger partial charge is 0.375 e. The first-order chi connectivity index (χ1) is 19.0. The number of amides is 6. The normalized spacial score (nSPS) is 19.6. The second-order valence-electron chi connectivity index (χ2n) is 10.7. The Kier molecular flexibility index (Phi) is 14.5. The van der Waals surface area contributed by atoms with Crippen LogP contribution in [0.4, 0.5) is 4.79 Å². The number of nitrogens with two attached hydrogens (primary N) is 1. The molecule has 13 heteroatoms. The van der Waals surface area contributed by atoms with Crippen molar-refractivity contribution in [1.29, 1.82) is 0 Å². The summed E-state index contributed by atoms with van der Waals surface area (Å²) in [5, 5.41) is 8.84. The number of hydrogen-bond acceptors (Lipinski definition) is 8. The van der Waals surface area contributed by atoms with Crippen LogP contribution in [0.2, 0.25) is 0 Å². The molecule has 0 aromatic rings. The van der Waals surface area contributed by atoms with E-state index in [1.807, 2.05) is 32.5 Å². The third kappa shape index (κ3) is 13.1. The number of carbonyl (C=O) groups is 5. The molecule has 2 heterocycles. The van der Waals surface area contributed by atoms with E-state index in [4.69, 9.17) is 15.2 Å². The van der Waals surface area contributed by atoms with Crippen molar-refractivity contribution in [2.24, 2.45) is 5.73 Å². The molecular formula is C27H45N5O7S. The van der Waals surface area contributed by atoms with Crippen LogP contribution in [0.3, 0.4) is 0 Å². The van der Waals surface area contributed by atoms with Gasteiger partial charge in [0.1, 0.15) is 0 Å². The first kappa shape index (κ1) is 33.6. The molecule has 5 N–H and O–H groups in total. The van der Waals surface area contributed by atoms with Crippen molar-refractivity contribution in [2.45, 2.75) is 88.7 Å². The number of nitrogens with one attached hydrogen (secondary N) is 3. The summed E-state index contributed by atoms with van der Waals surface area (Å²) in [5.41, 5.74) is 4.68. The predicted octanol–water partition coefficient (Wildman–Crippen LogP) is 1.23. The Morgan fingerprint density at radius 2 is 1.77 bits per heavy atom. The second kappa shape index (κ2) is 17.2. The number of carbonyl (C=O) groups excluding carboxylic acids is 5. The lowest BCUT2D eigenvalue weighted by Crippen LogP contribution is -2.42. The maximum absolute atomic E-state index is 12.2. The van der Waals surface area contributed by atoms with E-state index < -0.39 is 23.4 Å². The van der Waals surface area contributed by atoms with Gasteiger partial charge in [-0.05, 0) is 52.2 Å². The Labute approximate surface area is 240 Å². The van der Waals surface area contributed by atoms with Gasteiger partial charge < -0.3 is 31.2 Å². The minimum absolute atomic E-state index is 0.0269. The lowest BCUT2D eigenvalue weighted by Gasteiger charge is -2.27. The van der Waals surface area contributed by atoms with Crippen molar-refractivity contribution in [1.82, 2.24) is 20.9 Å². The third-order valence-electron chi connectivity index (χ3n) is 6.65. The number of rotatable bonds is 19. The topological polar surface area (TPSA) is 169 Å². The average Bonchev–Trinajstić information content (AvgIpc) is 3.46. The quantitative estimate of drug-likeness (QED) is 0.130. The van der Waals surface area contributed by atoms with Crippen LogP contribution < -0.4 is 21.7 Å². The molecule has 2 rings (SSSR count). The number of primary amides is 1. The van der Waals surface area contributed by atoms with Gasteiger partial charge in [-0.15, -0.1) is 0 Å². The number of unbranched alkanes of at least 4 members (excludes halogenated alkanes) is 1. The van der Waals surface area contributed by atoms with Crippen LogP contribution in [0.5, 0.6) is 0 Å². The SMILES string of the molecule is CC(CCNC(=O)CCCCC1SCCC1NC(N)=O)OCC(C)(C)OCCNC(=O)CCN1C(=O)C=CC1=O. The van der Waals surface area contributed by atoms with Crippen LogP contribution in [-0.4, -0.2) is 96.2 Å². The molecule has 1 fully saturated rings. The molecule has 0 saturated carbocycles. The van der Waals surface area contributed by atoms with Gasteiger partial charge in [0.15, 0.2) is 0 Å². The van der Waals surface area contributed by atoms with E-state index in [-0.39, 0.29) is 43.5 Å². The van der Waals surface area contributed by atoms with Crippen molar-refractivity contribution >= 4 is 41.4 Å². The third-order valence-corrected chi connectivity index (χ3v) is 8.11. The monoisotopic (exact) mass is 583 g/mol. The van der Waals surface area contributed by atoms with Gasteiger partial charge in [-0.2, -0.15) is 11.8 Å². The lowest BCUT2D eigenvalue weighted by atomic mass is 10.0. The summed E-state index contributed by atoms with van der Waals surface area (Å²) in [6, 6.07) is -0.347. The van der Waals surface area contributed by atoms with Gasteiger partial charge in [-0.3, -0.25) is 24.1 Å². The summed E-state index contributed by atoms with van der Waals surface area (Å²) < 4.78 is 11.7. The Morgan fingerprint density at radius 3 is 2.48 bits per heavy atom. The molecule has 0 aromatic heterocycles. The van der Waals surface area contributed by atoms with E-state index in [2.05, 4.69) is 16.0 Å². The molecule has 12 nitrogen and oxygen atoms in total. The summed E-state index contributed by atoms with van der Waals surface area (Å²) in [6.45, 7) is 7.27. The minimum Gasteiger partial charge on any atom is -0.375 e. The van der Waals surface area contributed by atoms with Crippen LogP contribution in [0.25, 0.3) is 0 Å². The van der Waals surface area contributed by atoms with E-state index in [1.165, 1.54) is 12.2 Å². The lowest BCUT2D eigenvalue weighted by molar-refractivity contribution is -0.137. The van der Waals surface area contributed by atoms with Crippen molar-refractivity contribution < 1.29 is 33.4 Å². The fourth-order valence-corrected chi connectivity index (χ4v) is 5.82. The predicted molar refractivity (Wildman–Crippen MR) is 152 cm³/mol. The summed E-state index contributed by atoms with van der Waals surface area (Å²) in [6.07, 6.45) is 7.14. The van der Waals surface area contributed by atoms with Crippen LogP contribution in [0.15, 0.2) is 12.2 Å². The van der Waals surface area contributed by atoms with Crippen LogP contribution in [0.1, 0.15) is 65.7 Å². The summed E-state index contributed by atoms with van der Waals surface area (Å²) in [7, 11) is 0. The van der Waals surface area contributed by atoms with Gasteiger partial charge in [0.05, 0.1) is 24.9 Å². The summed E-state index contributed by atoms with van der Waals surface area (Å²) >= 11 is 1.85. The highest BCUT2D eigenvalue weighted by Gasteiger charge is 2.28. The summed E-state index contributed by atoms with van der Waals surface area (Å²) in [4.78, 5) is 59.3. The van der Waals surface area contributed by atoms with E-state index >= 15 is 0 Å². The fraction of sp³-hybridized carbons (Fsp3) is 0.741. The van der Waals surface area contributed by atoms with Crippen LogP contribution in [0, 0.1) is 0 Å². The average molecular weight is 584 g/mol. The molecule has 0 aromatic carbocycles. The maximum atomic E-state index is 12.2. The van der Waals surface area contributed by atoms with Crippen molar-refractivity contribution in [3.63, 3.8) is 0 Å². The van der Waals surface area contributed by atoms with Gasteiger partial charge in [-0.1, -0.05) is 6.42 Å². The number of ether oxygens (including phenoxy) is 2. The smallest absolute Gasteiger partial charge is 0.312 e. The van der Waals surface area contributed by atoms with Gasteiger partial charge in [-0.25, -0.2) is 4.79 Å². The number of urea groups is 1. The highest BCUT2D eigenvalue weighted by molar-refractivity contribution is 8.00. The zero-order valence-corrected chi connectivity index (χ0v) is 24.7. The highest BCUT2D eigenvalue weighted by Crippen LogP contribution is 2.30. The van der Waals surface area contributed by atoms with Crippen molar-refractivity contribution in [3.8, 4) is 0 Å². The molecule has 3 unspecified atom stereocenters. The zero-order chi connectivity index (χ0) is 29.5. The van der Waals surface area contributed by atoms with Crippen LogP contribution in [-0.2, 0) is 28.7 Å². The Bertz CT molecular complexity index is 896. The van der Waals surface area contributed by atoms with Gasteiger partial charge in [0.25, 0.3) is 11.8 Å². The fourth-order valence-electron chi connectivity index (χ4n) is 4.35. The van der Waals surface area contributed by atoms with Gasteiger partial charge in [0, 0.05) is 55.9 Å². The Morgan fingerprint density at radius 1 is 1.10 bits per heavy atom. The molecule has 0 bridgehead atoms. The molecule has 6 amide bonds. The number of hydrogen-bond donors (Lipinski definition) is 4. The van der Waals surface area contributed by atoms with Gasteiger partial charge >= 0.3 is 6.03 Å². The molecule has 2 aliphatic heterocycles.